The van der Waals surface area contributed by atoms with Crippen molar-refractivity contribution in [3.63, 3.8) is 0 Å². The lowest BCUT2D eigenvalue weighted by Crippen LogP contribution is -2.49. The van der Waals surface area contributed by atoms with Crippen molar-refractivity contribution in [2.75, 3.05) is 6.54 Å². The van der Waals surface area contributed by atoms with Crippen LogP contribution in [0.15, 0.2) is 69.8 Å². The zero-order valence-electron chi connectivity index (χ0n) is 26.3. The molecule has 2 aromatic carbocycles. The standard InChI is InChI=1S/C28H33BrFN5O2.C6H10O/c1-5-21-23(24(31)22(36)6-2)20(32-17-9-7-15(3)8-10-17)13-14-35(21)28(37)18-11-12-19(29)26-25(18)33-27(34-26)16(4)30;1-4-6(7)5(2)3/h7-12,16,21-22,36H,5-6,13-14,31H2,1-4H3,(H,33,34);4-5H,1H2,2-3H3/b24-23+,32-20?;. The van der Waals surface area contributed by atoms with Gasteiger partial charge in [0.15, 0.2) is 12.0 Å². The van der Waals surface area contributed by atoms with Crippen LogP contribution in [0.4, 0.5) is 10.1 Å². The number of fused-ring (bicyclic) bond motifs is 1. The lowest BCUT2D eigenvalue weighted by Gasteiger charge is -2.39. The Morgan fingerprint density at radius 3 is 2.41 bits per heavy atom. The van der Waals surface area contributed by atoms with E-state index in [1.165, 1.54) is 13.0 Å². The third-order valence-electron chi connectivity index (χ3n) is 7.60. The Morgan fingerprint density at radius 1 is 1.23 bits per heavy atom. The Balaban J connectivity index is 0.000000676. The number of piperidine rings is 1. The van der Waals surface area contributed by atoms with Crippen LogP contribution >= 0.6 is 15.9 Å². The molecule has 3 unspecified atom stereocenters. The monoisotopic (exact) mass is 667 g/mol. The number of aryl methyl sites for hydroxylation is 1. The van der Waals surface area contributed by atoms with Crippen LogP contribution in [0.5, 0.6) is 0 Å². The Labute approximate surface area is 267 Å². The van der Waals surface area contributed by atoms with Crippen molar-refractivity contribution in [3.8, 4) is 0 Å². The second kappa shape index (κ2) is 15.4. The molecule has 0 bridgehead atoms. The molecule has 10 heteroatoms. The summed E-state index contributed by atoms with van der Waals surface area (Å²) in [6.45, 7) is 14.7. The van der Waals surface area contributed by atoms with Crippen molar-refractivity contribution in [2.24, 2.45) is 16.6 Å². The van der Waals surface area contributed by atoms with Crippen LogP contribution < -0.4 is 5.73 Å². The van der Waals surface area contributed by atoms with Gasteiger partial charge in [-0.25, -0.2) is 9.37 Å². The number of carbonyl (C=O) groups is 2. The number of imidazole rings is 1. The number of amides is 1. The number of halogens is 2. The number of carbonyl (C=O) groups excluding carboxylic acids is 2. The maximum Gasteiger partial charge on any atom is 0.256 e. The van der Waals surface area contributed by atoms with Crippen molar-refractivity contribution in [1.82, 2.24) is 14.9 Å². The molecular formula is C34H43BrFN5O3. The van der Waals surface area contributed by atoms with Gasteiger partial charge in [-0.3, -0.25) is 14.6 Å². The molecule has 1 aromatic heterocycles. The zero-order valence-corrected chi connectivity index (χ0v) is 27.9. The number of likely N-dealkylation sites (tertiary alicyclic amines) is 1. The smallest absolute Gasteiger partial charge is 0.256 e. The molecule has 1 aliphatic rings. The lowest BCUT2D eigenvalue weighted by molar-refractivity contribution is -0.117. The number of rotatable bonds is 8. The number of hydrogen-bond acceptors (Lipinski definition) is 6. The first-order chi connectivity index (χ1) is 20.8. The fraction of sp³-hybridized carbons (Fsp3) is 0.412. The number of nitrogens with zero attached hydrogens (tertiary/aromatic N) is 3. The molecule has 1 saturated heterocycles. The molecule has 3 atom stereocenters. The highest BCUT2D eigenvalue weighted by atomic mass is 79.9. The predicted molar refractivity (Wildman–Crippen MR) is 179 cm³/mol. The SMILES string of the molecule is C=CC(=O)C(C)C.CCC(O)/C(N)=C1/C(=Nc2ccc(C)cc2)CCN(C(=O)c2ccc(Br)c3nc(C(C)F)[nH]c23)C1CC. The summed E-state index contributed by atoms with van der Waals surface area (Å²) in [5.41, 5.74) is 11.7. The number of allylic oxidation sites excluding steroid dienone is 1. The Kier molecular flexibility index (Phi) is 12.2. The number of nitrogens with one attached hydrogen (secondary N) is 1. The van der Waals surface area contributed by atoms with Crippen molar-refractivity contribution in [2.45, 2.75) is 79.1 Å². The van der Waals surface area contributed by atoms with Gasteiger partial charge >= 0.3 is 0 Å². The van der Waals surface area contributed by atoms with Crippen molar-refractivity contribution < 1.29 is 19.1 Å². The van der Waals surface area contributed by atoms with Crippen LogP contribution in [0.25, 0.3) is 11.0 Å². The van der Waals surface area contributed by atoms with E-state index in [4.69, 9.17) is 10.7 Å². The van der Waals surface area contributed by atoms with Gasteiger partial charge in [0.1, 0.15) is 11.3 Å². The average molecular weight is 669 g/mol. The molecule has 1 amide bonds. The number of aliphatic imine (C=N–C) groups is 1. The number of aromatic amines is 1. The third kappa shape index (κ3) is 7.90. The van der Waals surface area contributed by atoms with E-state index in [9.17, 15) is 19.1 Å². The summed E-state index contributed by atoms with van der Waals surface area (Å²) in [7, 11) is 0. The van der Waals surface area contributed by atoms with E-state index in [1.54, 1.807) is 17.0 Å². The van der Waals surface area contributed by atoms with Gasteiger partial charge in [0.25, 0.3) is 5.91 Å². The number of alkyl halides is 1. The molecule has 8 nitrogen and oxygen atoms in total. The summed E-state index contributed by atoms with van der Waals surface area (Å²) < 4.78 is 14.7. The molecule has 4 rings (SSSR count). The summed E-state index contributed by atoms with van der Waals surface area (Å²) >= 11 is 3.46. The molecule has 2 heterocycles. The number of aromatic nitrogens is 2. The highest BCUT2D eigenvalue weighted by Gasteiger charge is 2.36. The summed E-state index contributed by atoms with van der Waals surface area (Å²) in [5.74, 6) is 0.180. The van der Waals surface area contributed by atoms with E-state index in [2.05, 4.69) is 32.5 Å². The van der Waals surface area contributed by atoms with Crippen molar-refractivity contribution in [3.05, 3.63) is 81.7 Å². The summed E-state index contributed by atoms with van der Waals surface area (Å²) in [6, 6.07) is 11.0. The van der Waals surface area contributed by atoms with Crippen LogP contribution in [0, 0.1) is 12.8 Å². The zero-order chi connectivity index (χ0) is 32.7. The van der Waals surface area contributed by atoms with Gasteiger partial charge in [0.05, 0.1) is 28.9 Å². The highest BCUT2D eigenvalue weighted by Crippen LogP contribution is 2.33. The molecule has 0 saturated carbocycles. The number of benzene rings is 2. The molecule has 44 heavy (non-hydrogen) atoms. The van der Waals surface area contributed by atoms with Gasteiger partial charge in [0.2, 0.25) is 0 Å². The quantitative estimate of drug-likeness (QED) is 0.215. The topological polar surface area (TPSA) is 125 Å². The first-order valence-corrected chi connectivity index (χ1v) is 15.7. The second-order valence-electron chi connectivity index (χ2n) is 11.2. The third-order valence-corrected chi connectivity index (χ3v) is 8.24. The van der Waals surface area contributed by atoms with Gasteiger partial charge in [-0.2, -0.15) is 0 Å². The maximum atomic E-state index is 14.0. The van der Waals surface area contributed by atoms with E-state index in [0.29, 0.717) is 58.1 Å². The Bertz CT molecular complexity index is 1560. The normalized spacial score (nSPS) is 18.5. The average Bonchev–Trinajstić information content (AvgIpc) is 3.48. The van der Waals surface area contributed by atoms with E-state index in [0.717, 1.165) is 17.0 Å². The number of ketones is 1. The van der Waals surface area contributed by atoms with Gasteiger partial charge in [0, 0.05) is 40.3 Å². The highest BCUT2D eigenvalue weighted by molar-refractivity contribution is 9.10. The number of aliphatic hydroxyl groups is 1. The van der Waals surface area contributed by atoms with Gasteiger partial charge in [-0.15, -0.1) is 0 Å². The van der Waals surface area contributed by atoms with E-state index >= 15 is 0 Å². The fourth-order valence-corrected chi connectivity index (χ4v) is 5.44. The van der Waals surface area contributed by atoms with Crippen LogP contribution in [-0.4, -0.2) is 56.1 Å². The molecule has 1 fully saturated rings. The van der Waals surface area contributed by atoms with E-state index in [-0.39, 0.29) is 29.5 Å². The molecule has 1 aliphatic heterocycles. The second-order valence-corrected chi connectivity index (χ2v) is 12.0. The first-order valence-electron chi connectivity index (χ1n) is 15.0. The van der Waals surface area contributed by atoms with Crippen LogP contribution in [-0.2, 0) is 4.79 Å². The molecule has 4 N–H and O–H groups in total. The van der Waals surface area contributed by atoms with E-state index in [1.807, 2.05) is 58.9 Å². The summed E-state index contributed by atoms with van der Waals surface area (Å²) in [5, 5.41) is 10.7. The van der Waals surface area contributed by atoms with Gasteiger partial charge in [-0.1, -0.05) is 52.0 Å². The number of aliphatic hydroxyl groups excluding tert-OH is 1. The molecule has 3 aromatic rings. The lowest BCUT2D eigenvalue weighted by atomic mass is 9.87. The fourth-order valence-electron chi connectivity index (χ4n) is 5.02. The van der Waals surface area contributed by atoms with E-state index < -0.39 is 12.3 Å². The molecule has 0 radical (unpaired) electrons. The number of nitrogens with two attached hydrogens (primary N) is 1. The number of H-pyrrole nitrogens is 1. The van der Waals surface area contributed by atoms with Gasteiger partial charge < -0.3 is 20.7 Å². The van der Waals surface area contributed by atoms with Crippen LogP contribution in [0.2, 0.25) is 0 Å². The Hall–Kier alpha value is -3.63. The minimum atomic E-state index is -1.30. The van der Waals surface area contributed by atoms with Crippen molar-refractivity contribution in [1.29, 1.82) is 0 Å². The minimum absolute atomic E-state index is 0.109. The van der Waals surface area contributed by atoms with Crippen LogP contribution in [0.1, 0.15) is 81.8 Å². The van der Waals surface area contributed by atoms with Crippen molar-refractivity contribution >= 4 is 50.1 Å². The van der Waals surface area contributed by atoms with Gasteiger partial charge in [-0.05, 0) is 73.0 Å². The summed E-state index contributed by atoms with van der Waals surface area (Å²) in [6.07, 6.45) is 0.723. The molecule has 0 spiro atoms. The minimum Gasteiger partial charge on any atom is -0.400 e. The van der Waals surface area contributed by atoms with Crippen LogP contribution in [0.3, 0.4) is 0 Å². The summed E-state index contributed by atoms with van der Waals surface area (Å²) in [4.78, 5) is 38.4. The molecule has 236 valence electrons. The molecule has 0 aliphatic carbocycles. The molecular weight excluding hydrogens is 625 g/mol. The number of hydrogen-bond donors (Lipinski definition) is 3. The Morgan fingerprint density at radius 2 is 1.89 bits per heavy atom. The predicted octanol–water partition coefficient (Wildman–Crippen LogP) is 7.44. The first kappa shape index (κ1) is 34.9. The maximum absolute atomic E-state index is 14.0. The largest absolute Gasteiger partial charge is 0.400 e.